The molecule has 4 fully saturated rings. The van der Waals surface area contributed by atoms with E-state index in [0.717, 1.165) is 17.8 Å². The van der Waals surface area contributed by atoms with Crippen LogP contribution in [0.3, 0.4) is 0 Å². The van der Waals surface area contributed by atoms with Gasteiger partial charge in [0.05, 0.1) is 5.71 Å². The highest BCUT2D eigenvalue weighted by Gasteiger charge is 2.64. The van der Waals surface area contributed by atoms with Crippen molar-refractivity contribution in [1.82, 2.24) is 0 Å². The Bertz CT molecular complexity index is 312. The fourth-order valence-corrected chi connectivity index (χ4v) is 4.90. The summed E-state index contributed by atoms with van der Waals surface area (Å²) in [7, 11) is 0. The van der Waals surface area contributed by atoms with Gasteiger partial charge in [-0.05, 0) is 56.3 Å². The first-order valence-electron chi connectivity index (χ1n) is 6.06. The molecule has 4 saturated carbocycles. The van der Waals surface area contributed by atoms with E-state index in [-0.39, 0.29) is 0 Å². The lowest BCUT2D eigenvalue weighted by Crippen LogP contribution is -2.35. The van der Waals surface area contributed by atoms with Crippen molar-refractivity contribution in [3.05, 3.63) is 0 Å². The lowest BCUT2D eigenvalue weighted by atomic mass is 9.68. The third-order valence-corrected chi connectivity index (χ3v) is 5.54. The van der Waals surface area contributed by atoms with Crippen LogP contribution in [-0.4, -0.2) is 10.9 Å². The lowest BCUT2D eigenvalue weighted by Gasteiger charge is -2.35. The van der Waals surface area contributed by atoms with Gasteiger partial charge in [0, 0.05) is 11.3 Å². The summed E-state index contributed by atoms with van der Waals surface area (Å²) >= 11 is 0. The molecule has 0 saturated heterocycles. The van der Waals surface area contributed by atoms with E-state index in [2.05, 4.69) is 5.16 Å². The molecule has 2 bridgehead atoms. The Morgan fingerprint density at radius 1 is 1.14 bits per heavy atom. The number of hydrogen-bond acceptors (Lipinski definition) is 2. The van der Waals surface area contributed by atoms with Gasteiger partial charge in [0.25, 0.3) is 0 Å². The molecule has 0 amide bonds. The number of fused-ring (bicyclic) bond motifs is 4. The van der Waals surface area contributed by atoms with Crippen LogP contribution in [-0.2, 0) is 0 Å². The molecule has 4 aliphatic carbocycles. The molecule has 0 aromatic heterocycles. The first kappa shape index (κ1) is 7.72. The first-order valence-corrected chi connectivity index (χ1v) is 6.06. The van der Waals surface area contributed by atoms with Crippen molar-refractivity contribution >= 4 is 5.71 Å². The molecule has 4 aliphatic rings. The van der Waals surface area contributed by atoms with Crippen LogP contribution < -0.4 is 0 Å². The van der Waals surface area contributed by atoms with Crippen molar-refractivity contribution in [1.29, 1.82) is 0 Å². The summed E-state index contributed by atoms with van der Waals surface area (Å²) in [5.41, 5.74) is 1.60. The summed E-state index contributed by atoms with van der Waals surface area (Å²) in [5, 5.41) is 12.9. The van der Waals surface area contributed by atoms with Gasteiger partial charge in [0.15, 0.2) is 0 Å². The Balaban J connectivity index is 1.77. The van der Waals surface area contributed by atoms with E-state index in [4.69, 9.17) is 0 Å². The minimum atomic E-state index is 0.394. The Hall–Kier alpha value is -0.530. The zero-order valence-electron chi connectivity index (χ0n) is 8.45. The smallest absolute Gasteiger partial charge is 0.0666 e. The SMILES string of the molecule is ON=C1C2CCC(C2)C12CC1CC1C2. The molecule has 1 N–H and O–H groups in total. The van der Waals surface area contributed by atoms with Crippen molar-refractivity contribution in [3.63, 3.8) is 0 Å². The van der Waals surface area contributed by atoms with Crippen molar-refractivity contribution in [2.45, 2.75) is 38.5 Å². The Labute approximate surface area is 84.4 Å². The average molecular weight is 191 g/mol. The molecule has 4 rings (SSSR count). The number of hydrogen-bond donors (Lipinski definition) is 1. The van der Waals surface area contributed by atoms with Crippen LogP contribution in [0.25, 0.3) is 0 Å². The zero-order chi connectivity index (χ0) is 9.34. The summed E-state index contributed by atoms with van der Waals surface area (Å²) in [6.45, 7) is 0. The van der Waals surface area contributed by atoms with Crippen molar-refractivity contribution < 1.29 is 5.21 Å². The van der Waals surface area contributed by atoms with Gasteiger partial charge in [-0.15, -0.1) is 0 Å². The van der Waals surface area contributed by atoms with E-state index in [1.54, 1.807) is 0 Å². The van der Waals surface area contributed by atoms with Gasteiger partial charge < -0.3 is 5.21 Å². The molecular weight excluding hydrogens is 174 g/mol. The van der Waals surface area contributed by atoms with Gasteiger partial charge in [-0.3, -0.25) is 0 Å². The van der Waals surface area contributed by atoms with Crippen LogP contribution in [0.2, 0.25) is 0 Å². The summed E-state index contributed by atoms with van der Waals surface area (Å²) in [4.78, 5) is 0. The number of oxime groups is 1. The van der Waals surface area contributed by atoms with E-state index in [1.807, 2.05) is 0 Å². The Kier molecular flexibility index (Phi) is 1.20. The van der Waals surface area contributed by atoms with Crippen LogP contribution in [0.4, 0.5) is 0 Å². The van der Waals surface area contributed by atoms with E-state index in [9.17, 15) is 5.21 Å². The molecular formula is C12H17NO. The van der Waals surface area contributed by atoms with Crippen molar-refractivity contribution in [3.8, 4) is 0 Å². The van der Waals surface area contributed by atoms with Crippen molar-refractivity contribution in [2.24, 2.45) is 34.2 Å². The van der Waals surface area contributed by atoms with Crippen molar-refractivity contribution in [2.75, 3.05) is 0 Å². The lowest BCUT2D eigenvalue weighted by molar-refractivity contribution is 0.238. The average Bonchev–Trinajstić information content (AvgIpc) is 2.65. The fraction of sp³-hybridized carbons (Fsp3) is 0.917. The maximum Gasteiger partial charge on any atom is 0.0666 e. The first-order chi connectivity index (χ1) is 6.83. The van der Waals surface area contributed by atoms with E-state index < -0.39 is 0 Å². The Morgan fingerprint density at radius 3 is 2.64 bits per heavy atom. The van der Waals surface area contributed by atoms with E-state index in [1.165, 1.54) is 44.2 Å². The predicted molar refractivity (Wildman–Crippen MR) is 53.3 cm³/mol. The number of nitrogens with zero attached hydrogens (tertiary/aromatic N) is 1. The minimum Gasteiger partial charge on any atom is -0.411 e. The highest BCUT2D eigenvalue weighted by molar-refractivity contribution is 5.95. The van der Waals surface area contributed by atoms with Crippen LogP contribution in [0.1, 0.15) is 38.5 Å². The molecule has 4 atom stereocenters. The van der Waals surface area contributed by atoms with Gasteiger partial charge in [-0.2, -0.15) is 0 Å². The topological polar surface area (TPSA) is 32.6 Å². The van der Waals surface area contributed by atoms with Crippen LogP contribution in [0.15, 0.2) is 5.16 Å². The highest BCUT2D eigenvalue weighted by Crippen LogP contribution is 2.69. The third-order valence-electron chi connectivity index (χ3n) is 5.54. The molecule has 0 aromatic carbocycles. The Morgan fingerprint density at radius 2 is 1.93 bits per heavy atom. The summed E-state index contributed by atoms with van der Waals surface area (Å²) in [6.07, 6.45) is 8.22. The second-order valence-electron chi connectivity index (χ2n) is 6.01. The van der Waals surface area contributed by atoms with Crippen LogP contribution in [0.5, 0.6) is 0 Å². The maximum absolute atomic E-state index is 9.20. The quantitative estimate of drug-likeness (QED) is 0.463. The molecule has 14 heavy (non-hydrogen) atoms. The maximum atomic E-state index is 9.20. The van der Waals surface area contributed by atoms with Crippen LogP contribution >= 0.6 is 0 Å². The summed E-state index contributed by atoms with van der Waals surface area (Å²) < 4.78 is 0. The van der Waals surface area contributed by atoms with Crippen LogP contribution in [0, 0.1) is 29.1 Å². The number of rotatable bonds is 0. The molecule has 0 aromatic rings. The minimum absolute atomic E-state index is 0.394. The molecule has 0 radical (unpaired) electrons. The van der Waals surface area contributed by atoms with Gasteiger partial charge in [0.2, 0.25) is 0 Å². The predicted octanol–water partition coefficient (Wildman–Crippen LogP) is 2.66. The monoisotopic (exact) mass is 191 g/mol. The summed E-state index contributed by atoms with van der Waals surface area (Å²) in [6, 6.07) is 0. The normalized spacial score (nSPS) is 61.3. The fourth-order valence-electron chi connectivity index (χ4n) is 4.90. The second kappa shape index (κ2) is 2.17. The largest absolute Gasteiger partial charge is 0.411 e. The second-order valence-corrected chi connectivity index (χ2v) is 6.01. The molecule has 4 unspecified atom stereocenters. The zero-order valence-corrected chi connectivity index (χ0v) is 8.45. The molecule has 2 nitrogen and oxygen atoms in total. The van der Waals surface area contributed by atoms with Gasteiger partial charge in [0.1, 0.15) is 0 Å². The van der Waals surface area contributed by atoms with E-state index in [0.29, 0.717) is 11.3 Å². The summed E-state index contributed by atoms with van der Waals surface area (Å²) in [5.74, 6) is 3.55. The van der Waals surface area contributed by atoms with E-state index >= 15 is 0 Å². The molecule has 2 heteroatoms. The van der Waals surface area contributed by atoms with Gasteiger partial charge >= 0.3 is 0 Å². The molecule has 76 valence electrons. The standard InChI is InChI=1S/C12H17NO/c14-13-11-7-1-2-10(4-7)12(11)5-8-3-9(8)6-12/h7-10,14H,1-6H2. The molecule has 0 heterocycles. The third kappa shape index (κ3) is 0.697. The van der Waals surface area contributed by atoms with Gasteiger partial charge in [-0.25, -0.2) is 0 Å². The van der Waals surface area contributed by atoms with Gasteiger partial charge in [-0.1, -0.05) is 5.16 Å². The molecule has 1 spiro atoms. The highest BCUT2D eigenvalue weighted by atomic mass is 16.4. The molecule has 0 aliphatic heterocycles.